The molecule has 3 rings (SSSR count). The molecule has 0 amide bonds. The predicted molar refractivity (Wildman–Crippen MR) is 80.4 cm³/mol. The van der Waals surface area contributed by atoms with Crippen LogP contribution in [-0.4, -0.2) is 22.1 Å². The van der Waals surface area contributed by atoms with E-state index in [4.69, 9.17) is 0 Å². The van der Waals surface area contributed by atoms with E-state index < -0.39 is 6.23 Å². The number of benzene rings is 2. The van der Waals surface area contributed by atoms with E-state index in [1.807, 2.05) is 60.7 Å². The number of rotatable bonds is 2. The van der Waals surface area contributed by atoms with Crippen LogP contribution >= 0.6 is 11.8 Å². The first-order valence-electron chi connectivity index (χ1n) is 6.14. The predicted octanol–water partition coefficient (Wildman–Crippen LogP) is 2.92. The number of anilines is 1. The van der Waals surface area contributed by atoms with Crippen molar-refractivity contribution in [3.63, 3.8) is 0 Å². The lowest BCUT2D eigenvalue weighted by Gasteiger charge is -2.29. The lowest BCUT2D eigenvalue weighted by Crippen LogP contribution is -2.37. The normalized spacial score (nSPS) is 19.1. The second kappa shape index (κ2) is 5.47. The van der Waals surface area contributed by atoms with Crippen molar-refractivity contribution < 1.29 is 5.11 Å². The SMILES string of the molecule is OC1CSC(c2ccccc2)=NN1c1ccccc1. The highest BCUT2D eigenvalue weighted by Crippen LogP contribution is 2.26. The lowest BCUT2D eigenvalue weighted by atomic mass is 10.2. The molecule has 2 aromatic rings. The molecule has 0 saturated carbocycles. The minimum Gasteiger partial charge on any atom is -0.371 e. The largest absolute Gasteiger partial charge is 0.371 e. The third-order valence-corrected chi connectivity index (χ3v) is 3.95. The molecule has 1 N–H and O–H groups in total. The molecular weight excluding hydrogens is 256 g/mol. The minimum absolute atomic E-state index is 0.583. The van der Waals surface area contributed by atoms with Crippen LogP contribution in [0.25, 0.3) is 0 Å². The van der Waals surface area contributed by atoms with Gasteiger partial charge in [0.25, 0.3) is 0 Å². The van der Waals surface area contributed by atoms with Crippen LogP contribution in [-0.2, 0) is 0 Å². The van der Waals surface area contributed by atoms with Crippen LogP contribution in [0.1, 0.15) is 5.56 Å². The molecule has 0 bridgehead atoms. The van der Waals surface area contributed by atoms with E-state index in [0.29, 0.717) is 5.75 Å². The molecule has 1 atom stereocenters. The summed E-state index contributed by atoms with van der Waals surface area (Å²) in [5, 5.41) is 17.3. The summed E-state index contributed by atoms with van der Waals surface area (Å²) in [4.78, 5) is 0. The number of aliphatic hydroxyl groups excluding tert-OH is 1. The van der Waals surface area contributed by atoms with Gasteiger partial charge < -0.3 is 5.11 Å². The maximum absolute atomic E-state index is 10.1. The Morgan fingerprint density at radius 3 is 2.32 bits per heavy atom. The van der Waals surface area contributed by atoms with Crippen molar-refractivity contribution in [1.82, 2.24) is 0 Å². The summed E-state index contributed by atoms with van der Waals surface area (Å²) in [6.07, 6.45) is -0.583. The van der Waals surface area contributed by atoms with Crippen molar-refractivity contribution in [1.29, 1.82) is 0 Å². The number of hydrogen-bond acceptors (Lipinski definition) is 4. The maximum Gasteiger partial charge on any atom is 0.157 e. The van der Waals surface area contributed by atoms with E-state index in [1.54, 1.807) is 16.8 Å². The fourth-order valence-electron chi connectivity index (χ4n) is 1.95. The first kappa shape index (κ1) is 12.3. The monoisotopic (exact) mass is 270 g/mol. The summed E-state index contributed by atoms with van der Waals surface area (Å²) >= 11 is 1.58. The molecule has 0 aromatic heterocycles. The average molecular weight is 270 g/mol. The molecule has 1 unspecified atom stereocenters. The first-order valence-corrected chi connectivity index (χ1v) is 7.12. The minimum atomic E-state index is -0.583. The summed E-state index contributed by atoms with van der Waals surface area (Å²) in [5.41, 5.74) is 1.99. The molecule has 1 aliphatic heterocycles. The fourth-order valence-corrected chi connectivity index (χ4v) is 2.85. The Morgan fingerprint density at radius 2 is 1.63 bits per heavy atom. The molecule has 3 nitrogen and oxygen atoms in total. The van der Waals surface area contributed by atoms with Gasteiger partial charge in [0.05, 0.1) is 5.69 Å². The Labute approximate surface area is 116 Å². The Balaban J connectivity index is 1.96. The summed E-state index contributed by atoms with van der Waals surface area (Å²) in [6, 6.07) is 19.8. The Morgan fingerprint density at radius 1 is 1.00 bits per heavy atom. The van der Waals surface area contributed by atoms with E-state index in [2.05, 4.69) is 5.10 Å². The van der Waals surface area contributed by atoms with Crippen molar-refractivity contribution in [3.05, 3.63) is 66.2 Å². The molecular formula is C15H14N2OS. The zero-order valence-electron chi connectivity index (χ0n) is 10.3. The number of para-hydroxylation sites is 1. The lowest BCUT2D eigenvalue weighted by molar-refractivity contribution is 0.193. The van der Waals surface area contributed by atoms with Gasteiger partial charge in [0, 0.05) is 11.3 Å². The van der Waals surface area contributed by atoms with E-state index in [-0.39, 0.29) is 0 Å². The van der Waals surface area contributed by atoms with Gasteiger partial charge in [0.15, 0.2) is 6.23 Å². The quantitative estimate of drug-likeness (QED) is 0.911. The van der Waals surface area contributed by atoms with Crippen molar-refractivity contribution in [2.24, 2.45) is 5.10 Å². The second-order valence-corrected chi connectivity index (χ2v) is 5.25. The standard InChI is InChI=1S/C15H14N2OS/c18-14-11-19-15(12-7-3-1-4-8-12)16-17(14)13-9-5-2-6-10-13/h1-10,14,18H,11H2. The van der Waals surface area contributed by atoms with Crippen LogP contribution < -0.4 is 5.01 Å². The van der Waals surface area contributed by atoms with Crippen LogP contribution in [0.5, 0.6) is 0 Å². The molecule has 0 aliphatic carbocycles. The van der Waals surface area contributed by atoms with Gasteiger partial charge in [-0.05, 0) is 12.1 Å². The van der Waals surface area contributed by atoms with Crippen LogP contribution in [0.4, 0.5) is 5.69 Å². The summed E-state index contributed by atoms with van der Waals surface area (Å²) in [5.74, 6) is 0.614. The highest BCUT2D eigenvalue weighted by Gasteiger charge is 2.23. The zero-order chi connectivity index (χ0) is 13.1. The van der Waals surface area contributed by atoms with Gasteiger partial charge in [0.1, 0.15) is 5.04 Å². The van der Waals surface area contributed by atoms with Crippen molar-refractivity contribution in [2.75, 3.05) is 10.8 Å². The van der Waals surface area contributed by atoms with Gasteiger partial charge >= 0.3 is 0 Å². The molecule has 96 valence electrons. The molecule has 0 fully saturated rings. The Kier molecular flexibility index (Phi) is 3.53. The molecule has 1 aliphatic rings. The number of hydrogen-bond donors (Lipinski definition) is 1. The highest BCUT2D eigenvalue weighted by atomic mass is 32.2. The summed E-state index contributed by atoms with van der Waals surface area (Å²) in [7, 11) is 0. The number of nitrogens with zero attached hydrogens (tertiary/aromatic N) is 2. The topological polar surface area (TPSA) is 35.8 Å². The van der Waals surface area contributed by atoms with Crippen LogP contribution in [0.2, 0.25) is 0 Å². The fraction of sp³-hybridized carbons (Fsp3) is 0.133. The molecule has 0 radical (unpaired) electrons. The van der Waals surface area contributed by atoms with E-state index in [0.717, 1.165) is 16.3 Å². The highest BCUT2D eigenvalue weighted by molar-refractivity contribution is 8.14. The molecule has 0 saturated heterocycles. The number of hydrazone groups is 1. The third kappa shape index (κ3) is 2.64. The smallest absolute Gasteiger partial charge is 0.157 e. The Bertz CT molecular complexity index is 571. The van der Waals surface area contributed by atoms with Crippen LogP contribution in [0.15, 0.2) is 65.8 Å². The van der Waals surface area contributed by atoms with Gasteiger partial charge in [-0.2, -0.15) is 5.10 Å². The molecule has 2 aromatic carbocycles. The molecule has 1 heterocycles. The zero-order valence-corrected chi connectivity index (χ0v) is 11.1. The van der Waals surface area contributed by atoms with Gasteiger partial charge in [-0.1, -0.05) is 60.3 Å². The third-order valence-electron chi connectivity index (χ3n) is 2.89. The van der Waals surface area contributed by atoms with Crippen molar-refractivity contribution in [3.8, 4) is 0 Å². The van der Waals surface area contributed by atoms with Crippen molar-refractivity contribution in [2.45, 2.75) is 6.23 Å². The van der Waals surface area contributed by atoms with E-state index >= 15 is 0 Å². The second-order valence-electron chi connectivity index (χ2n) is 4.24. The van der Waals surface area contributed by atoms with Crippen LogP contribution in [0, 0.1) is 0 Å². The van der Waals surface area contributed by atoms with Gasteiger partial charge in [-0.15, -0.1) is 0 Å². The summed E-state index contributed by atoms with van der Waals surface area (Å²) < 4.78 is 0. The molecule has 19 heavy (non-hydrogen) atoms. The first-order chi connectivity index (χ1) is 9.34. The van der Waals surface area contributed by atoms with Crippen molar-refractivity contribution >= 4 is 22.5 Å². The molecule has 4 heteroatoms. The van der Waals surface area contributed by atoms with Gasteiger partial charge in [-0.25, -0.2) is 5.01 Å². The maximum atomic E-state index is 10.1. The average Bonchev–Trinajstić information content (AvgIpc) is 2.49. The number of aliphatic hydroxyl groups is 1. The Hall–Kier alpha value is -1.78. The molecule has 0 spiro atoms. The summed E-state index contributed by atoms with van der Waals surface area (Å²) in [6.45, 7) is 0. The van der Waals surface area contributed by atoms with E-state index in [9.17, 15) is 5.11 Å². The van der Waals surface area contributed by atoms with Gasteiger partial charge in [-0.3, -0.25) is 0 Å². The number of thioether (sulfide) groups is 1. The van der Waals surface area contributed by atoms with Crippen LogP contribution in [0.3, 0.4) is 0 Å². The van der Waals surface area contributed by atoms with Gasteiger partial charge in [0.2, 0.25) is 0 Å². The van der Waals surface area contributed by atoms with E-state index in [1.165, 1.54) is 0 Å².